The van der Waals surface area contributed by atoms with Gasteiger partial charge in [0, 0.05) is 31.5 Å². The number of hydrogen-bond acceptors (Lipinski definition) is 3. The van der Waals surface area contributed by atoms with Crippen molar-refractivity contribution < 1.29 is 14.7 Å². The second-order valence-electron chi connectivity index (χ2n) is 7.94. The van der Waals surface area contributed by atoms with E-state index in [-0.39, 0.29) is 24.0 Å². The van der Waals surface area contributed by atoms with E-state index in [4.69, 9.17) is 5.11 Å². The average Bonchev–Trinajstić information content (AvgIpc) is 2.58. The van der Waals surface area contributed by atoms with Crippen molar-refractivity contribution in [1.29, 1.82) is 0 Å². The van der Waals surface area contributed by atoms with Crippen LogP contribution in [-0.4, -0.2) is 35.6 Å². The summed E-state index contributed by atoms with van der Waals surface area (Å²) in [6.45, 7) is 7.29. The molecule has 26 heavy (non-hydrogen) atoms. The summed E-state index contributed by atoms with van der Waals surface area (Å²) in [6.07, 6.45) is 12.3. The van der Waals surface area contributed by atoms with Crippen LogP contribution < -0.4 is 10.6 Å². The summed E-state index contributed by atoms with van der Waals surface area (Å²) in [5, 5.41) is 14.7. The molecule has 3 N–H and O–H groups in total. The molecule has 0 aromatic carbocycles. The molecule has 0 rings (SSSR count). The molecule has 2 amide bonds. The number of carbonyl (C=O) groups excluding carboxylic acids is 2. The molecule has 0 spiro atoms. The smallest absolute Gasteiger partial charge is 0.220 e. The van der Waals surface area contributed by atoms with E-state index in [9.17, 15) is 9.59 Å². The molecule has 0 saturated carbocycles. The Morgan fingerprint density at radius 1 is 0.808 bits per heavy atom. The quantitative estimate of drug-likeness (QED) is 0.338. The second-order valence-corrected chi connectivity index (χ2v) is 7.94. The first-order chi connectivity index (χ1) is 12.4. The molecule has 5 heteroatoms. The summed E-state index contributed by atoms with van der Waals surface area (Å²) in [6, 6.07) is 0. The predicted molar refractivity (Wildman–Crippen MR) is 108 cm³/mol. The first-order valence-electron chi connectivity index (χ1n) is 10.6. The summed E-state index contributed by atoms with van der Waals surface area (Å²) in [4.78, 5) is 23.8. The van der Waals surface area contributed by atoms with E-state index in [0.29, 0.717) is 19.4 Å². The second kappa shape index (κ2) is 16.1. The molecule has 0 heterocycles. The van der Waals surface area contributed by atoms with Crippen LogP contribution in [0.3, 0.4) is 0 Å². The molecule has 0 aliphatic heterocycles. The van der Waals surface area contributed by atoms with E-state index in [1.54, 1.807) is 0 Å². The van der Waals surface area contributed by atoms with Crippen molar-refractivity contribution in [2.24, 2.45) is 0 Å². The summed E-state index contributed by atoms with van der Waals surface area (Å²) in [5.41, 5.74) is -0.144. The van der Waals surface area contributed by atoms with Gasteiger partial charge in [-0.25, -0.2) is 0 Å². The van der Waals surface area contributed by atoms with Crippen LogP contribution in [0.4, 0.5) is 0 Å². The van der Waals surface area contributed by atoms with Crippen molar-refractivity contribution in [3.63, 3.8) is 0 Å². The van der Waals surface area contributed by atoms with Crippen molar-refractivity contribution >= 4 is 11.8 Å². The highest BCUT2D eigenvalue weighted by molar-refractivity contribution is 5.77. The molecule has 0 fully saturated rings. The average molecular weight is 371 g/mol. The predicted octanol–water partition coefficient (Wildman–Crippen LogP) is 4.08. The topological polar surface area (TPSA) is 78.4 Å². The van der Waals surface area contributed by atoms with Crippen LogP contribution in [0.1, 0.15) is 104 Å². The molecule has 0 saturated heterocycles. The monoisotopic (exact) mass is 370 g/mol. The molecular formula is C21H42N2O3. The number of hydrogen-bond donors (Lipinski definition) is 3. The maximum atomic E-state index is 12.1. The highest BCUT2D eigenvalue weighted by Gasteiger charge is 2.19. The molecule has 0 aromatic rings. The number of amides is 2. The van der Waals surface area contributed by atoms with E-state index in [1.165, 1.54) is 25.7 Å². The first-order valence-corrected chi connectivity index (χ1v) is 10.6. The van der Waals surface area contributed by atoms with Crippen LogP contribution in [0.5, 0.6) is 0 Å². The van der Waals surface area contributed by atoms with E-state index >= 15 is 0 Å². The van der Waals surface area contributed by atoms with Gasteiger partial charge in [-0.05, 0) is 52.4 Å². The normalized spacial score (nSPS) is 11.4. The SMILES string of the molecule is CCCCCCCC(C)(C)NC(=O)CCCCC(=O)NCCCCCO. The third-order valence-corrected chi connectivity index (χ3v) is 4.60. The fourth-order valence-electron chi connectivity index (χ4n) is 2.97. The Bertz CT molecular complexity index is 370. The van der Waals surface area contributed by atoms with E-state index in [1.807, 2.05) is 0 Å². The molecule has 0 radical (unpaired) electrons. The van der Waals surface area contributed by atoms with Crippen molar-refractivity contribution in [3.8, 4) is 0 Å². The minimum absolute atomic E-state index is 0.0572. The molecule has 154 valence electrons. The van der Waals surface area contributed by atoms with Crippen molar-refractivity contribution in [2.45, 2.75) is 110 Å². The van der Waals surface area contributed by atoms with E-state index in [0.717, 1.165) is 44.9 Å². The third-order valence-electron chi connectivity index (χ3n) is 4.60. The maximum absolute atomic E-state index is 12.1. The van der Waals surface area contributed by atoms with Crippen molar-refractivity contribution in [3.05, 3.63) is 0 Å². The molecule has 0 bridgehead atoms. The lowest BCUT2D eigenvalue weighted by atomic mass is 9.95. The lowest BCUT2D eigenvalue weighted by Crippen LogP contribution is -2.43. The number of aliphatic hydroxyl groups excluding tert-OH is 1. The van der Waals surface area contributed by atoms with Gasteiger partial charge in [0.1, 0.15) is 0 Å². The summed E-state index contributed by atoms with van der Waals surface area (Å²) in [5.74, 6) is 0.148. The number of carbonyl (C=O) groups is 2. The van der Waals surface area contributed by atoms with Crippen molar-refractivity contribution in [1.82, 2.24) is 10.6 Å². The Hall–Kier alpha value is -1.10. The minimum Gasteiger partial charge on any atom is -0.396 e. The van der Waals surface area contributed by atoms with Gasteiger partial charge in [-0.2, -0.15) is 0 Å². The number of rotatable bonds is 17. The Morgan fingerprint density at radius 2 is 1.42 bits per heavy atom. The zero-order valence-corrected chi connectivity index (χ0v) is 17.4. The van der Waals surface area contributed by atoms with Gasteiger partial charge < -0.3 is 15.7 Å². The van der Waals surface area contributed by atoms with Crippen LogP contribution in [0.2, 0.25) is 0 Å². The Labute approximate surface area is 160 Å². The van der Waals surface area contributed by atoms with Crippen LogP contribution >= 0.6 is 0 Å². The van der Waals surface area contributed by atoms with Gasteiger partial charge in [0.25, 0.3) is 0 Å². The zero-order valence-electron chi connectivity index (χ0n) is 17.4. The van der Waals surface area contributed by atoms with Gasteiger partial charge >= 0.3 is 0 Å². The van der Waals surface area contributed by atoms with Gasteiger partial charge in [0.2, 0.25) is 11.8 Å². The lowest BCUT2D eigenvalue weighted by Gasteiger charge is -2.26. The molecule has 0 aliphatic rings. The number of unbranched alkanes of at least 4 members (excludes halogenated alkanes) is 7. The first kappa shape index (κ1) is 24.9. The van der Waals surface area contributed by atoms with Gasteiger partial charge in [0.05, 0.1) is 0 Å². The van der Waals surface area contributed by atoms with Crippen LogP contribution in [-0.2, 0) is 9.59 Å². The molecule has 0 atom stereocenters. The number of nitrogens with one attached hydrogen (secondary N) is 2. The zero-order chi connectivity index (χ0) is 19.7. The standard InChI is InChI=1S/C21H42N2O3/c1-4-5-6-7-11-16-21(2,3)23-20(26)15-10-9-14-19(25)22-17-12-8-13-18-24/h24H,4-18H2,1-3H3,(H,22,25)(H,23,26). The molecule has 0 unspecified atom stereocenters. The molecular weight excluding hydrogens is 328 g/mol. The third kappa shape index (κ3) is 16.4. The fraction of sp³-hybridized carbons (Fsp3) is 0.905. The Balaban J connectivity index is 3.66. The molecule has 0 aliphatic carbocycles. The Kier molecular flexibility index (Phi) is 15.4. The van der Waals surface area contributed by atoms with Gasteiger partial charge in [-0.1, -0.05) is 39.0 Å². The summed E-state index contributed by atoms with van der Waals surface area (Å²) in [7, 11) is 0. The number of aliphatic hydroxyl groups is 1. The van der Waals surface area contributed by atoms with Crippen molar-refractivity contribution in [2.75, 3.05) is 13.2 Å². The van der Waals surface area contributed by atoms with Crippen LogP contribution in [0.15, 0.2) is 0 Å². The Morgan fingerprint density at radius 3 is 2.08 bits per heavy atom. The van der Waals surface area contributed by atoms with Crippen LogP contribution in [0.25, 0.3) is 0 Å². The lowest BCUT2D eigenvalue weighted by molar-refractivity contribution is -0.124. The van der Waals surface area contributed by atoms with E-state index < -0.39 is 0 Å². The van der Waals surface area contributed by atoms with E-state index in [2.05, 4.69) is 31.4 Å². The minimum atomic E-state index is -0.144. The van der Waals surface area contributed by atoms with Crippen LogP contribution in [0, 0.1) is 0 Å². The molecule has 5 nitrogen and oxygen atoms in total. The fourth-order valence-corrected chi connectivity index (χ4v) is 2.97. The van der Waals surface area contributed by atoms with Gasteiger partial charge in [-0.15, -0.1) is 0 Å². The summed E-state index contributed by atoms with van der Waals surface area (Å²) < 4.78 is 0. The highest BCUT2D eigenvalue weighted by Crippen LogP contribution is 2.15. The molecule has 0 aromatic heterocycles. The summed E-state index contributed by atoms with van der Waals surface area (Å²) >= 11 is 0. The highest BCUT2D eigenvalue weighted by atomic mass is 16.3. The maximum Gasteiger partial charge on any atom is 0.220 e. The van der Waals surface area contributed by atoms with Gasteiger partial charge in [-0.3, -0.25) is 9.59 Å². The van der Waals surface area contributed by atoms with Gasteiger partial charge in [0.15, 0.2) is 0 Å². The largest absolute Gasteiger partial charge is 0.396 e.